The standard InChI is InChI=1S/C21H27FN2O3S/c1-6-20(17-11-10-14(2)15(3)12-17)23-21(25)16(4)24(28(5,26)27)19-9-7-8-18(22)13-19/h7-13,16,20H,6H2,1-5H3,(H,23,25)/t16-,20-/m0/s1. The van der Waals surface area contributed by atoms with Gasteiger partial charge in [0.2, 0.25) is 15.9 Å². The molecule has 2 aromatic carbocycles. The normalized spacial score (nSPS) is 13.6. The lowest BCUT2D eigenvalue weighted by Gasteiger charge is -2.30. The average molecular weight is 407 g/mol. The van der Waals surface area contributed by atoms with Gasteiger partial charge in [0.25, 0.3) is 0 Å². The smallest absolute Gasteiger partial charge is 0.244 e. The number of carbonyl (C=O) groups excluding carboxylic acids is 1. The van der Waals surface area contributed by atoms with E-state index in [9.17, 15) is 17.6 Å². The summed E-state index contributed by atoms with van der Waals surface area (Å²) in [5.41, 5.74) is 3.36. The van der Waals surface area contributed by atoms with Crippen molar-refractivity contribution in [1.82, 2.24) is 5.32 Å². The van der Waals surface area contributed by atoms with Crippen LogP contribution in [-0.2, 0) is 14.8 Å². The zero-order valence-corrected chi connectivity index (χ0v) is 17.7. The van der Waals surface area contributed by atoms with Crippen LogP contribution < -0.4 is 9.62 Å². The quantitative estimate of drug-likeness (QED) is 0.759. The Morgan fingerprint density at radius 2 is 1.82 bits per heavy atom. The van der Waals surface area contributed by atoms with E-state index >= 15 is 0 Å². The molecule has 28 heavy (non-hydrogen) atoms. The fourth-order valence-corrected chi connectivity index (χ4v) is 4.28. The molecule has 0 heterocycles. The van der Waals surface area contributed by atoms with E-state index in [2.05, 4.69) is 5.32 Å². The van der Waals surface area contributed by atoms with Crippen molar-refractivity contribution in [3.05, 3.63) is 65.0 Å². The van der Waals surface area contributed by atoms with Gasteiger partial charge in [-0.15, -0.1) is 0 Å². The van der Waals surface area contributed by atoms with Gasteiger partial charge in [0.05, 0.1) is 18.0 Å². The second kappa shape index (κ2) is 8.73. The first-order valence-corrected chi connectivity index (χ1v) is 11.0. The molecule has 1 N–H and O–H groups in total. The molecule has 7 heteroatoms. The Morgan fingerprint density at radius 1 is 1.14 bits per heavy atom. The van der Waals surface area contributed by atoms with E-state index in [0.29, 0.717) is 6.42 Å². The number of amides is 1. The Balaban J connectivity index is 2.30. The maximum Gasteiger partial charge on any atom is 0.244 e. The topological polar surface area (TPSA) is 66.5 Å². The number of aryl methyl sites for hydroxylation is 2. The molecule has 1 amide bonds. The van der Waals surface area contributed by atoms with E-state index < -0.39 is 27.8 Å². The van der Waals surface area contributed by atoms with Gasteiger partial charge in [-0.05, 0) is 62.1 Å². The highest BCUT2D eigenvalue weighted by Gasteiger charge is 2.30. The highest BCUT2D eigenvalue weighted by molar-refractivity contribution is 7.92. The van der Waals surface area contributed by atoms with Gasteiger partial charge in [0.15, 0.2) is 0 Å². The van der Waals surface area contributed by atoms with E-state index in [1.54, 1.807) is 0 Å². The summed E-state index contributed by atoms with van der Waals surface area (Å²) in [5.74, 6) is -1.01. The number of nitrogens with one attached hydrogen (secondary N) is 1. The van der Waals surface area contributed by atoms with Crippen LogP contribution in [0.3, 0.4) is 0 Å². The third-order valence-electron chi connectivity index (χ3n) is 4.81. The van der Waals surface area contributed by atoms with Crippen LogP contribution in [0, 0.1) is 19.7 Å². The molecule has 152 valence electrons. The lowest BCUT2D eigenvalue weighted by atomic mass is 9.99. The Bertz CT molecular complexity index is 960. The molecule has 5 nitrogen and oxygen atoms in total. The van der Waals surface area contributed by atoms with Crippen molar-refractivity contribution in [3.8, 4) is 0 Å². The molecule has 2 rings (SSSR count). The highest BCUT2D eigenvalue weighted by Crippen LogP contribution is 2.24. The van der Waals surface area contributed by atoms with E-state index in [1.807, 2.05) is 39.0 Å². The van der Waals surface area contributed by atoms with Crippen LogP contribution in [0.1, 0.15) is 43.0 Å². The Labute approximate surface area is 166 Å². The van der Waals surface area contributed by atoms with Crippen molar-refractivity contribution >= 4 is 21.6 Å². The Kier molecular flexibility index (Phi) is 6.82. The third-order valence-corrected chi connectivity index (χ3v) is 6.05. The first kappa shape index (κ1) is 21.9. The third kappa shape index (κ3) is 5.10. The summed E-state index contributed by atoms with van der Waals surface area (Å²) in [5, 5.41) is 2.93. The number of hydrogen-bond acceptors (Lipinski definition) is 3. The predicted molar refractivity (Wildman–Crippen MR) is 110 cm³/mol. The molecule has 0 aliphatic rings. The fourth-order valence-electron chi connectivity index (χ4n) is 3.12. The average Bonchev–Trinajstić information content (AvgIpc) is 2.60. The molecule has 0 saturated carbocycles. The monoisotopic (exact) mass is 406 g/mol. The van der Waals surface area contributed by atoms with E-state index in [4.69, 9.17) is 0 Å². The summed E-state index contributed by atoms with van der Waals surface area (Å²) < 4.78 is 39.2. The first-order chi connectivity index (χ1) is 13.0. The molecule has 2 atom stereocenters. The Hall–Kier alpha value is -2.41. The summed E-state index contributed by atoms with van der Waals surface area (Å²) >= 11 is 0. The largest absolute Gasteiger partial charge is 0.347 e. The predicted octanol–water partition coefficient (Wildman–Crippen LogP) is 3.86. The van der Waals surface area contributed by atoms with Gasteiger partial charge in [-0.25, -0.2) is 12.8 Å². The molecular weight excluding hydrogens is 379 g/mol. The molecular formula is C21H27FN2O3S. The number of hydrogen-bond donors (Lipinski definition) is 1. The zero-order valence-electron chi connectivity index (χ0n) is 16.9. The van der Waals surface area contributed by atoms with E-state index in [1.165, 1.54) is 25.1 Å². The van der Waals surface area contributed by atoms with Crippen LogP contribution in [0.5, 0.6) is 0 Å². The summed E-state index contributed by atoms with van der Waals surface area (Å²) in [6, 6.07) is 9.91. The summed E-state index contributed by atoms with van der Waals surface area (Å²) in [7, 11) is -3.79. The minimum atomic E-state index is -3.79. The maximum atomic E-state index is 13.6. The molecule has 0 saturated heterocycles. The van der Waals surface area contributed by atoms with Crippen LogP contribution in [-0.4, -0.2) is 26.6 Å². The van der Waals surface area contributed by atoms with Crippen molar-refractivity contribution in [2.24, 2.45) is 0 Å². The van der Waals surface area contributed by atoms with Gasteiger partial charge in [-0.2, -0.15) is 0 Å². The van der Waals surface area contributed by atoms with Crippen molar-refractivity contribution in [2.75, 3.05) is 10.6 Å². The van der Waals surface area contributed by atoms with Gasteiger partial charge in [0.1, 0.15) is 11.9 Å². The number of anilines is 1. The SMILES string of the molecule is CC[C@H](NC(=O)[C@H](C)N(c1cccc(F)c1)S(C)(=O)=O)c1ccc(C)c(C)c1. The van der Waals surface area contributed by atoms with Gasteiger partial charge in [0, 0.05) is 0 Å². The second-order valence-electron chi connectivity index (χ2n) is 7.03. The minimum Gasteiger partial charge on any atom is -0.347 e. The van der Waals surface area contributed by atoms with Crippen LogP contribution in [0.4, 0.5) is 10.1 Å². The van der Waals surface area contributed by atoms with Crippen LogP contribution in [0.25, 0.3) is 0 Å². The summed E-state index contributed by atoms with van der Waals surface area (Å²) in [6.07, 6.45) is 1.65. The number of nitrogens with zero attached hydrogens (tertiary/aromatic N) is 1. The highest BCUT2D eigenvalue weighted by atomic mass is 32.2. The second-order valence-corrected chi connectivity index (χ2v) is 8.89. The van der Waals surface area contributed by atoms with Crippen molar-refractivity contribution in [3.63, 3.8) is 0 Å². The van der Waals surface area contributed by atoms with Crippen molar-refractivity contribution in [2.45, 2.75) is 46.2 Å². The molecule has 0 spiro atoms. The molecule has 0 aromatic heterocycles. The molecule has 0 aliphatic carbocycles. The van der Waals surface area contributed by atoms with Gasteiger partial charge < -0.3 is 5.32 Å². The van der Waals surface area contributed by atoms with Crippen molar-refractivity contribution in [1.29, 1.82) is 0 Å². The van der Waals surface area contributed by atoms with Crippen LogP contribution in [0.15, 0.2) is 42.5 Å². The molecule has 0 fully saturated rings. The lowest BCUT2D eigenvalue weighted by Crippen LogP contribution is -2.48. The fraction of sp³-hybridized carbons (Fsp3) is 0.381. The maximum absolute atomic E-state index is 13.6. The molecule has 2 aromatic rings. The Morgan fingerprint density at radius 3 is 2.36 bits per heavy atom. The van der Waals surface area contributed by atoms with Crippen molar-refractivity contribution < 1.29 is 17.6 Å². The molecule has 0 bridgehead atoms. The van der Waals surface area contributed by atoms with E-state index in [-0.39, 0.29) is 11.7 Å². The minimum absolute atomic E-state index is 0.115. The van der Waals surface area contributed by atoms with Gasteiger partial charge in [-0.1, -0.05) is 31.2 Å². The number of carbonyl (C=O) groups is 1. The number of halogens is 1. The molecule has 0 aliphatic heterocycles. The first-order valence-electron chi connectivity index (χ1n) is 9.17. The molecule has 0 unspecified atom stereocenters. The summed E-state index contributed by atoms with van der Waals surface area (Å²) in [6.45, 7) is 7.47. The van der Waals surface area contributed by atoms with Gasteiger partial charge in [-0.3, -0.25) is 9.10 Å². The molecule has 0 radical (unpaired) electrons. The van der Waals surface area contributed by atoms with Crippen LogP contribution >= 0.6 is 0 Å². The van der Waals surface area contributed by atoms with E-state index in [0.717, 1.165) is 33.3 Å². The van der Waals surface area contributed by atoms with Crippen LogP contribution in [0.2, 0.25) is 0 Å². The number of benzene rings is 2. The zero-order chi connectivity index (χ0) is 21.1. The lowest BCUT2D eigenvalue weighted by molar-refractivity contribution is -0.122. The van der Waals surface area contributed by atoms with Gasteiger partial charge >= 0.3 is 0 Å². The number of sulfonamides is 1. The number of rotatable bonds is 7. The summed E-state index contributed by atoms with van der Waals surface area (Å²) in [4.78, 5) is 12.9.